The summed E-state index contributed by atoms with van der Waals surface area (Å²) >= 11 is 3.40. The van der Waals surface area contributed by atoms with E-state index in [0.717, 1.165) is 16.5 Å². The highest BCUT2D eigenvalue weighted by Crippen LogP contribution is 2.25. The van der Waals surface area contributed by atoms with Crippen LogP contribution in [0.5, 0.6) is 5.75 Å². The first kappa shape index (κ1) is 14.8. The predicted molar refractivity (Wildman–Crippen MR) is 78.6 cm³/mol. The molecule has 1 fully saturated rings. The van der Waals surface area contributed by atoms with Crippen LogP contribution in [-0.2, 0) is 9.59 Å². The molecule has 108 valence electrons. The van der Waals surface area contributed by atoms with E-state index in [1.807, 2.05) is 25.1 Å². The molecule has 1 aromatic rings. The van der Waals surface area contributed by atoms with Crippen molar-refractivity contribution >= 4 is 27.7 Å². The molecular formula is C14H17BrN2O3. The van der Waals surface area contributed by atoms with Gasteiger partial charge in [-0.05, 0) is 47.0 Å². The van der Waals surface area contributed by atoms with Gasteiger partial charge in [0.1, 0.15) is 5.75 Å². The van der Waals surface area contributed by atoms with E-state index in [9.17, 15) is 9.59 Å². The Bertz CT molecular complexity index is 519. The number of hydrogen-bond donors (Lipinski definition) is 1. The van der Waals surface area contributed by atoms with Crippen LogP contribution in [0, 0.1) is 6.92 Å². The smallest absolute Gasteiger partial charge is 0.260 e. The lowest BCUT2D eigenvalue weighted by Gasteiger charge is -2.19. The van der Waals surface area contributed by atoms with Gasteiger partial charge in [-0.15, -0.1) is 0 Å². The first-order chi connectivity index (χ1) is 9.56. The first-order valence-electron chi connectivity index (χ1n) is 6.49. The van der Waals surface area contributed by atoms with Gasteiger partial charge in [0.05, 0.1) is 11.0 Å². The topological polar surface area (TPSA) is 58.6 Å². The second-order valence-corrected chi connectivity index (χ2v) is 5.60. The van der Waals surface area contributed by atoms with Crippen molar-refractivity contribution in [2.24, 2.45) is 0 Å². The summed E-state index contributed by atoms with van der Waals surface area (Å²) < 4.78 is 6.33. The minimum Gasteiger partial charge on any atom is -0.483 e. The Hall–Kier alpha value is -1.56. The summed E-state index contributed by atoms with van der Waals surface area (Å²) in [5, 5.41) is 2.74. The van der Waals surface area contributed by atoms with Gasteiger partial charge >= 0.3 is 0 Å². The number of carbonyl (C=O) groups excluding carboxylic acids is 2. The molecule has 2 rings (SSSR count). The fourth-order valence-electron chi connectivity index (χ4n) is 1.97. The third-order valence-electron chi connectivity index (χ3n) is 3.05. The molecule has 0 spiro atoms. The predicted octanol–water partition coefficient (Wildman–Crippen LogP) is 1.48. The number of nitrogens with zero attached hydrogens (tertiary/aromatic N) is 1. The van der Waals surface area contributed by atoms with Crippen molar-refractivity contribution in [3.05, 3.63) is 28.2 Å². The summed E-state index contributed by atoms with van der Waals surface area (Å²) in [7, 11) is 0. The summed E-state index contributed by atoms with van der Waals surface area (Å²) in [5.74, 6) is 0.338. The van der Waals surface area contributed by atoms with Crippen LogP contribution >= 0.6 is 15.9 Å². The summed E-state index contributed by atoms with van der Waals surface area (Å²) in [5.41, 5.74) is 1.11. The lowest BCUT2D eigenvalue weighted by Crippen LogP contribution is -2.39. The van der Waals surface area contributed by atoms with Crippen LogP contribution in [0.2, 0.25) is 0 Å². The van der Waals surface area contributed by atoms with Crippen molar-refractivity contribution in [1.82, 2.24) is 10.2 Å². The highest BCUT2D eigenvalue weighted by atomic mass is 79.9. The van der Waals surface area contributed by atoms with Gasteiger partial charge in [-0.25, -0.2) is 0 Å². The third kappa shape index (κ3) is 3.96. The molecule has 0 unspecified atom stereocenters. The molecule has 1 aliphatic rings. The Morgan fingerprint density at radius 3 is 3.05 bits per heavy atom. The molecule has 0 bridgehead atoms. The average Bonchev–Trinajstić information content (AvgIpc) is 2.62. The molecule has 0 aromatic heterocycles. The summed E-state index contributed by atoms with van der Waals surface area (Å²) in [6, 6.07) is 5.67. The van der Waals surface area contributed by atoms with E-state index in [0.29, 0.717) is 18.8 Å². The molecule has 1 saturated heterocycles. The van der Waals surface area contributed by atoms with Crippen LogP contribution in [-0.4, -0.2) is 43.0 Å². The second-order valence-electron chi connectivity index (χ2n) is 4.74. The Labute approximate surface area is 126 Å². The number of rotatable bonds is 3. The van der Waals surface area contributed by atoms with Gasteiger partial charge in [0, 0.05) is 13.1 Å². The fourth-order valence-corrected chi connectivity index (χ4v) is 2.58. The molecular weight excluding hydrogens is 324 g/mol. The molecule has 0 aliphatic carbocycles. The van der Waals surface area contributed by atoms with Crippen molar-refractivity contribution < 1.29 is 14.3 Å². The van der Waals surface area contributed by atoms with Gasteiger partial charge in [0.25, 0.3) is 5.91 Å². The molecule has 20 heavy (non-hydrogen) atoms. The van der Waals surface area contributed by atoms with Crippen molar-refractivity contribution in [2.45, 2.75) is 13.3 Å². The third-order valence-corrected chi connectivity index (χ3v) is 3.67. The van der Waals surface area contributed by atoms with E-state index in [-0.39, 0.29) is 25.0 Å². The van der Waals surface area contributed by atoms with Gasteiger partial charge in [0.15, 0.2) is 6.61 Å². The van der Waals surface area contributed by atoms with E-state index in [4.69, 9.17) is 4.74 Å². The van der Waals surface area contributed by atoms with E-state index >= 15 is 0 Å². The molecule has 1 aromatic carbocycles. The molecule has 6 heteroatoms. The maximum absolute atomic E-state index is 12.1. The Morgan fingerprint density at radius 1 is 1.50 bits per heavy atom. The Balaban J connectivity index is 1.92. The number of aryl methyl sites for hydroxylation is 1. The maximum Gasteiger partial charge on any atom is 0.260 e. The number of ether oxygens (including phenoxy) is 1. The lowest BCUT2D eigenvalue weighted by molar-refractivity contribution is -0.136. The molecule has 0 atom stereocenters. The molecule has 2 amide bonds. The van der Waals surface area contributed by atoms with Gasteiger partial charge in [0.2, 0.25) is 5.91 Å². The number of benzene rings is 1. The molecule has 0 saturated carbocycles. The van der Waals surface area contributed by atoms with Crippen LogP contribution < -0.4 is 10.1 Å². The SMILES string of the molecule is Cc1ccc(OCC(=O)N2CCCNC(=O)C2)c(Br)c1. The average molecular weight is 341 g/mol. The minimum absolute atomic E-state index is 0.0606. The number of halogens is 1. The highest BCUT2D eigenvalue weighted by molar-refractivity contribution is 9.10. The van der Waals surface area contributed by atoms with Crippen molar-refractivity contribution in [2.75, 3.05) is 26.2 Å². The lowest BCUT2D eigenvalue weighted by atomic mass is 10.2. The summed E-state index contributed by atoms with van der Waals surface area (Å²) in [6.07, 6.45) is 0.770. The highest BCUT2D eigenvalue weighted by Gasteiger charge is 2.20. The number of amides is 2. The number of nitrogens with one attached hydrogen (secondary N) is 1. The van der Waals surface area contributed by atoms with E-state index < -0.39 is 0 Å². The van der Waals surface area contributed by atoms with Gasteiger partial charge in [-0.3, -0.25) is 9.59 Å². The number of carbonyl (C=O) groups is 2. The minimum atomic E-state index is -0.172. The first-order valence-corrected chi connectivity index (χ1v) is 7.29. The summed E-state index contributed by atoms with van der Waals surface area (Å²) in [4.78, 5) is 25.0. The normalized spacial score (nSPS) is 15.5. The number of hydrogen-bond acceptors (Lipinski definition) is 3. The van der Waals surface area contributed by atoms with Crippen molar-refractivity contribution in [1.29, 1.82) is 0 Å². The van der Waals surface area contributed by atoms with E-state index in [2.05, 4.69) is 21.2 Å². The van der Waals surface area contributed by atoms with Crippen LogP contribution in [0.3, 0.4) is 0 Å². The zero-order chi connectivity index (χ0) is 14.5. The van der Waals surface area contributed by atoms with Crippen LogP contribution in [0.1, 0.15) is 12.0 Å². The second kappa shape index (κ2) is 6.74. The molecule has 0 radical (unpaired) electrons. The van der Waals surface area contributed by atoms with E-state index in [1.165, 1.54) is 4.90 Å². The molecule has 5 nitrogen and oxygen atoms in total. The molecule has 1 N–H and O–H groups in total. The maximum atomic E-state index is 12.1. The standard InChI is InChI=1S/C14H17BrN2O3/c1-10-3-4-12(11(15)7-10)20-9-14(19)17-6-2-5-16-13(18)8-17/h3-4,7H,2,5-6,8-9H2,1H3,(H,16,18). The van der Waals surface area contributed by atoms with Crippen molar-refractivity contribution in [3.63, 3.8) is 0 Å². The Kier molecular flexibility index (Phi) is 5.00. The van der Waals surface area contributed by atoms with Crippen molar-refractivity contribution in [3.8, 4) is 5.75 Å². The quantitative estimate of drug-likeness (QED) is 0.906. The monoisotopic (exact) mass is 340 g/mol. The summed E-state index contributed by atoms with van der Waals surface area (Å²) in [6.45, 7) is 3.23. The van der Waals surface area contributed by atoms with Crippen LogP contribution in [0.4, 0.5) is 0 Å². The zero-order valence-corrected chi connectivity index (χ0v) is 12.9. The van der Waals surface area contributed by atoms with Gasteiger partial charge < -0.3 is 15.0 Å². The van der Waals surface area contributed by atoms with Crippen LogP contribution in [0.25, 0.3) is 0 Å². The largest absolute Gasteiger partial charge is 0.483 e. The van der Waals surface area contributed by atoms with Gasteiger partial charge in [-0.1, -0.05) is 6.07 Å². The molecule has 1 heterocycles. The fraction of sp³-hybridized carbons (Fsp3) is 0.429. The van der Waals surface area contributed by atoms with Crippen LogP contribution in [0.15, 0.2) is 22.7 Å². The zero-order valence-electron chi connectivity index (χ0n) is 11.3. The Morgan fingerprint density at radius 2 is 2.30 bits per heavy atom. The molecule has 1 aliphatic heterocycles. The van der Waals surface area contributed by atoms with E-state index in [1.54, 1.807) is 0 Å². The van der Waals surface area contributed by atoms with Gasteiger partial charge in [-0.2, -0.15) is 0 Å².